The predicted octanol–water partition coefficient (Wildman–Crippen LogP) is 3.00. The first-order chi connectivity index (χ1) is 11.1. The second kappa shape index (κ2) is 6.69. The summed E-state index contributed by atoms with van der Waals surface area (Å²) < 4.78 is 0. The van der Waals surface area contributed by atoms with Crippen molar-refractivity contribution in [3.8, 4) is 0 Å². The summed E-state index contributed by atoms with van der Waals surface area (Å²) in [5.41, 5.74) is 2.47. The third-order valence-corrected chi connectivity index (χ3v) is 4.06. The van der Waals surface area contributed by atoms with Crippen LogP contribution in [0, 0.1) is 0 Å². The van der Waals surface area contributed by atoms with Gasteiger partial charge in [-0.3, -0.25) is 4.79 Å². The topological polar surface area (TPSA) is 48.5 Å². The first-order valence-electron chi connectivity index (χ1n) is 7.94. The van der Waals surface area contributed by atoms with Gasteiger partial charge in [-0.2, -0.15) is 0 Å². The van der Waals surface area contributed by atoms with E-state index in [0.717, 1.165) is 43.1 Å². The van der Waals surface area contributed by atoms with Crippen LogP contribution in [0.5, 0.6) is 0 Å². The monoisotopic (exact) mass is 310 g/mol. The number of anilines is 3. The molecule has 0 aliphatic carbocycles. The Labute approximate surface area is 136 Å². The molecule has 1 aliphatic heterocycles. The van der Waals surface area contributed by atoms with Gasteiger partial charge in [-0.05, 0) is 43.2 Å². The number of rotatable bonds is 4. The van der Waals surface area contributed by atoms with Crippen molar-refractivity contribution in [3.05, 3.63) is 48.2 Å². The highest BCUT2D eigenvalue weighted by Crippen LogP contribution is 2.24. The molecule has 1 aliphatic rings. The fourth-order valence-corrected chi connectivity index (χ4v) is 2.82. The third-order valence-electron chi connectivity index (χ3n) is 4.06. The van der Waals surface area contributed by atoms with E-state index in [2.05, 4.69) is 15.2 Å². The maximum absolute atomic E-state index is 12.7. The van der Waals surface area contributed by atoms with Gasteiger partial charge in [-0.25, -0.2) is 4.98 Å². The lowest BCUT2D eigenvalue weighted by Gasteiger charge is -2.19. The van der Waals surface area contributed by atoms with E-state index in [4.69, 9.17) is 0 Å². The van der Waals surface area contributed by atoms with Crippen molar-refractivity contribution in [2.45, 2.75) is 12.8 Å². The van der Waals surface area contributed by atoms with Gasteiger partial charge in [0.2, 0.25) is 0 Å². The fourth-order valence-electron chi connectivity index (χ4n) is 2.82. The lowest BCUT2D eigenvalue weighted by atomic mass is 10.2. The molecule has 120 valence electrons. The van der Waals surface area contributed by atoms with Crippen LogP contribution >= 0.6 is 0 Å². The molecule has 1 N–H and O–H groups in total. The fraction of sp³-hybridized carbons (Fsp3) is 0.333. The molecule has 2 heterocycles. The standard InChI is InChI=1S/C18H22N4O/c1-21(2)15-8-5-7-14(13-15)20-18(23)16-9-6-10-19-17(16)22-11-3-4-12-22/h5-10,13H,3-4,11-12H2,1-2H3,(H,20,23). The Morgan fingerprint density at radius 2 is 1.96 bits per heavy atom. The molecule has 0 bridgehead atoms. The Bertz CT molecular complexity index is 693. The van der Waals surface area contributed by atoms with E-state index >= 15 is 0 Å². The number of nitrogens with one attached hydrogen (secondary N) is 1. The van der Waals surface area contributed by atoms with Crippen molar-refractivity contribution in [2.24, 2.45) is 0 Å². The lowest BCUT2D eigenvalue weighted by Crippen LogP contribution is -2.24. The number of pyridine rings is 1. The maximum Gasteiger partial charge on any atom is 0.259 e. The van der Waals surface area contributed by atoms with E-state index in [0.29, 0.717) is 5.56 Å². The smallest absolute Gasteiger partial charge is 0.259 e. The highest BCUT2D eigenvalue weighted by molar-refractivity contribution is 6.07. The Balaban J connectivity index is 1.82. The van der Waals surface area contributed by atoms with Crippen LogP contribution in [0.3, 0.4) is 0 Å². The van der Waals surface area contributed by atoms with Crippen LogP contribution in [0.1, 0.15) is 23.2 Å². The zero-order valence-electron chi connectivity index (χ0n) is 13.6. The molecule has 2 aromatic rings. The molecule has 3 rings (SSSR count). The van der Waals surface area contributed by atoms with E-state index in [1.807, 2.05) is 55.4 Å². The Hall–Kier alpha value is -2.56. The van der Waals surface area contributed by atoms with E-state index in [1.54, 1.807) is 6.20 Å². The quantitative estimate of drug-likeness (QED) is 0.943. The van der Waals surface area contributed by atoms with Gasteiger partial charge in [0.1, 0.15) is 5.82 Å². The maximum atomic E-state index is 12.7. The van der Waals surface area contributed by atoms with Gasteiger partial charge >= 0.3 is 0 Å². The van der Waals surface area contributed by atoms with Crippen LogP contribution in [0.25, 0.3) is 0 Å². The zero-order valence-corrected chi connectivity index (χ0v) is 13.6. The molecule has 23 heavy (non-hydrogen) atoms. The largest absolute Gasteiger partial charge is 0.378 e. The Kier molecular flexibility index (Phi) is 4.46. The van der Waals surface area contributed by atoms with Gasteiger partial charge in [-0.15, -0.1) is 0 Å². The van der Waals surface area contributed by atoms with Crippen LogP contribution in [0.4, 0.5) is 17.2 Å². The molecule has 0 saturated carbocycles. The molecule has 5 heteroatoms. The SMILES string of the molecule is CN(C)c1cccc(NC(=O)c2cccnc2N2CCCC2)c1. The van der Waals surface area contributed by atoms with Crippen LogP contribution in [0.15, 0.2) is 42.6 Å². The summed E-state index contributed by atoms with van der Waals surface area (Å²) in [5.74, 6) is 0.669. The van der Waals surface area contributed by atoms with E-state index in [-0.39, 0.29) is 5.91 Å². The first-order valence-corrected chi connectivity index (χ1v) is 7.94. The van der Waals surface area contributed by atoms with Gasteiger partial charge < -0.3 is 15.1 Å². The summed E-state index contributed by atoms with van der Waals surface area (Å²) in [7, 11) is 3.96. The molecule has 0 spiro atoms. The summed E-state index contributed by atoms with van der Waals surface area (Å²) in [6, 6.07) is 11.5. The predicted molar refractivity (Wildman–Crippen MR) is 94.4 cm³/mol. The van der Waals surface area contributed by atoms with Crippen molar-refractivity contribution in [1.82, 2.24) is 4.98 Å². The Morgan fingerprint density at radius 1 is 1.17 bits per heavy atom. The minimum atomic E-state index is -0.115. The third kappa shape index (κ3) is 3.44. The van der Waals surface area contributed by atoms with Crippen LogP contribution in [-0.4, -0.2) is 38.1 Å². The molecule has 0 atom stereocenters. The van der Waals surface area contributed by atoms with Crippen molar-refractivity contribution in [3.63, 3.8) is 0 Å². The van der Waals surface area contributed by atoms with Crippen LogP contribution < -0.4 is 15.1 Å². The number of aromatic nitrogens is 1. The molecular weight excluding hydrogens is 288 g/mol. The highest BCUT2D eigenvalue weighted by Gasteiger charge is 2.20. The normalized spacial score (nSPS) is 13.9. The number of benzene rings is 1. The molecule has 1 fully saturated rings. The van der Waals surface area contributed by atoms with Crippen molar-refractivity contribution >= 4 is 23.1 Å². The number of hydrogen-bond acceptors (Lipinski definition) is 4. The second-order valence-electron chi connectivity index (χ2n) is 5.97. The molecule has 0 radical (unpaired) electrons. The molecule has 0 unspecified atom stereocenters. The number of carbonyl (C=O) groups excluding carboxylic acids is 1. The molecule has 1 aromatic carbocycles. The van der Waals surface area contributed by atoms with Crippen molar-refractivity contribution in [2.75, 3.05) is 42.3 Å². The Morgan fingerprint density at radius 3 is 2.70 bits per heavy atom. The van der Waals surface area contributed by atoms with Gasteiger partial charge in [-0.1, -0.05) is 6.07 Å². The first kappa shape index (κ1) is 15.3. The summed E-state index contributed by atoms with van der Waals surface area (Å²) in [5, 5.41) is 2.99. The van der Waals surface area contributed by atoms with Crippen LogP contribution in [0.2, 0.25) is 0 Å². The average Bonchev–Trinajstić information content (AvgIpc) is 3.09. The minimum absolute atomic E-state index is 0.115. The molecule has 5 nitrogen and oxygen atoms in total. The summed E-state index contributed by atoms with van der Waals surface area (Å²) in [6.45, 7) is 1.93. The number of carbonyl (C=O) groups is 1. The summed E-state index contributed by atoms with van der Waals surface area (Å²) >= 11 is 0. The van der Waals surface area contributed by atoms with Gasteiger partial charge in [0.25, 0.3) is 5.91 Å². The molecule has 1 amide bonds. The number of hydrogen-bond donors (Lipinski definition) is 1. The van der Waals surface area contributed by atoms with Gasteiger partial charge in [0.15, 0.2) is 0 Å². The highest BCUT2D eigenvalue weighted by atomic mass is 16.1. The molecule has 1 aromatic heterocycles. The van der Waals surface area contributed by atoms with E-state index < -0.39 is 0 Å². The van der Waals surface area contributed by atoms with E-state index in [9.17, 15) is 4.79 Å². The minimum Gasteiger partial charge on any atom is -0.378 e. The number of amides is 1. The van der Waals surface area contributed by atoms with Crippen molar-refractivity contribution < 1.29 is 4.79 Å². The zero-order chi connectivity index (χ0) is 16.2. The molecular formula is C18H22N4O. The van der Waals surface area contributed by atoms with E-state index in [1.165, 1.54) is 0 Å². The lowest BCUT2D eigenvalue weighted by molar-refractivity contribution is 0.102. The second-order valence-corrected chi connectivity index (χ2v) is 5.97. The van der Waals surface area contributed by atoms with Gasteiger partial charge in [0.05, 0.1) is 5.56 Å². The average molecular weight is 310 g/mol. The van der Waals surface area contributed by atoms with Crippen LogP contribution in [-0.2, 0) is 0 Å². The summed E-state index contributed by atoms with van der Waals surface area (Å²) in [4.78, 5) is 21.3. The summed E-state index contributed by atoms with van der Waals surface area (Å²) in [6.07, 6.45) is 4.06. The van der Waals surface area contributed by atoms with Gasteiger partial charge in [0, 0.05) is 44.8 Å². The number of nitrogens with zero attached hydrogens (tertiary/aromatic N) is 3. The molecule has 1 saturated heterocycles. The van der Waals surface area contributed by atoms with Crippen molar-refractivity contribution in [1.29, 1.82) is 0 Å².